The molecule has 0 atom stereocenters. The monoisotopic (exact) mass is 410 g/mol. The summed E-state index contributed by atoms with van der Waals surface area (Å²) in [5, 5.41) is 2.56. The van der Waals surface area contributed by atoms with Gasteiger partial charge in [0.25, 0.3) is 5.56 Å². The van der Waals surface area contributed by atoms with Crippen LogP contribution in [0.5, 0.6) is 0 Å². The molecule has 0 spiro atoms. The van der Waals surface area contributed by atoms with Crippen LogP contribution in [0.1, 0.15) is 40.7 Å². The minimum absolute atomic E-state index is 0.169. The molecule has 3 heterocycles. The number of aromatic nitrogens is 2. The number of unbranched alkanes of at least 4 members (excludes halogenated alkanes) is 1. The van der Waals surface area contributed by atoms with Gasteiger partial charge in [-0.2, -0.15) is 0 Å². The zero-order chi connectivity index (χ0) is 20.4. The number of hydrogen-bond acceptors (Lipinski definition) is 7. The van der Waals surface area contributed by atoms with Crippen molar-refractivity contribution in [3.8, 4) is 0 Å². The highest BCUT2D eigenvalue weighted by molar-refractivity contribution is 7.17. The van der Waals surface area contributed by atoms with Crippen molar-refractivity contribution in [2.24, 2.45) is 0 Å². The van der Waals surface area contributed by atoms with E-state index in [1.165, 1.54) is 22.2 Å². The van der Waals surface area contributed by atoms with Gasteiger partial charge in [-0.15, -0.1) is 11.3 Å². The van der Waals surface area contributed by atoms with Crippen LogP contribution in [0.2, 0.25) is 0 Å². The Morgan fingerprint density at radius 1 is 1.28 bits per heavy atom. The molecule has 148 valence electrons. The molecule has 0 saturated carbocycles. The highest BCUT2D eigenvalue weighted by Gasteiger charge is 2.20. The van der Waals surface area contributed by atoms with E-state index in [1.807, 2.05) is 25.1 Å². The molecule has 4 rings (SSSR count). The Labute approximate surface area is 169 Å². The third kappa shape index (κ3) is 3.71. The van der Waals surface area contributed by atoms with Crippen molar-refractivity contribution in [2.75, 3.05) is 6.61 Å². The summed E-state index contributed by atoms with van der Waals surface area (Å²) in [7, 11) is 0. The number of hydrogen-bond donors (Lipinski definition) is 0. The van der Waals surface area contributed by atoms with Crippen LogP contribution in [0.25, 0.3) is 21.2 Å². The number of ether oxygens (including phenoxy) is 1. The average molecular weight is 410 g/mol. The standard InChI is InChI=1S/C21H18N2O5S/c1-2-3-8-27-21(26)14-11-29-19-18(14)20(25)23(12-22-19)10-15(24)17-9-13-6-4-5-7-16(13)28-17/h4-7,9,11-12H,2-3,8,10H2,1H3. The number of ketones is 1. The van der Waals surface area contributed by atoms with Crippen molar-refractivity contribution < 1.29 is 18.7 Å². The van der Waals surface area contributed by atoms with Gasteiger partial charge in [0.05, 0.1) is 30.4 Å². The summed E-state index contributed by atoms with van der Waals surface area (Å²) in [6.45, 7) is 2.06. The van der Waals surface area contributed by atoms with Gasteiger partial charge in [0.15, 0.2) is 5.76 Å². The van der Waals surface area contributed by atoms with E-state index in [1.54, 1.807) is 17.5 Å². The topological polar surface area (TPSA) is 91.4 Å². The molecule has 0 amide bonds. The van der Waals surface area contributed by atoms with Gasteiger partial charge >= 0.3 is 5.97 Å². The van der Waals surface area contributed by atoms with Gasteiger partial charge in [0.2, 0.25) is 5.78 Å². The van der Waals surface area contributed by atoms with Crippen LogP contribution in [-0.2, 0) is 11.3 Å². The van der Waals surface area contributed by atoms with E-state index >= 15 is 0 Å². The van der Waals surface area contributed by atoms with Crippen molar-refractivity contribution >= 4 is 44.3 Å². The van der Waals surface area contributed by atoms with E-state index in [0.29, 0.717) is 17.0 Å². The summed E-state index contributed by atoms with van der Waals surface area (Å²) < 4.78 is 12.0. The normalized spacial score (nSPS) is 11.2. The molecule has 4 aromatic rings. The molecule has 7 nitrogen and oxygen atoms in total. The lowest BCUT2D eigenvalue weighted by molar-refractivity contribution is 0.0502. The van der Waals surface area contributed by atoms with Crippen molar-refractivity contribution in [3.05, 3.63) is 63.7 Å². The van der Waals surface area contributed by atoms with Crippen LogP contribution in [0.3, 0.4) is 0 Å². The molecule has 0 radical (unpaired) electrons. The number of esters is 1. The van der Waals surface area contributed by atoms with Crippen LogP contribution >= 0.6 is 11.3 Å². The second kappa shape index (κ2) is 8.00. The van der Waals surface area contributed by atoms with Gasteiger partial charge in [-0.1, -0.05) is 31.5 Å². The number of furan rings is 1. The highest BCUT2D eigenvalue weighted by atomic mass is 32.1. The summed E-state index contributed by atoms with van der Waals surface area (Å²) >= 11 is 1.19. The number of nitrogens with zero attached hydrogens (tertiary/aromatic N) is 2. The number of carbonyl (C=O) groups excluding carboxylic acids is 2. The fourth-order valence-electron chi connectivity index (χ4n) is 2.97. The number of carbonyl (C=O) groups is 2. The van der Waals surface area contributed by atoms with Crippen molar-refractivity contribution in [2.45, 2.75) is 26.3 Å². The first-order chi connectivity index (χ1) is 14.1. The largest absolute Gasteiger partial charge is 0.462 e. The maximum absolute atomic E-state index is 12.9. The predicted octanol–water partition coefficient (Wildman–Crippen LogP) is 4.04. The van der Waals surface area contributed by atoms with Gasteiger partial charge in [-0.3, -0.25) is 14.2 Å². The average Bonchev–Trinajstić information content (AvgIpc) is 3.34. The van der Waals surface area contributed by atoms with Crippen LogP contribution < -0.4 is 5.56 Å². The van der Waals surface area contributed by atoms with E-state index in [4.69, 9.17) is 9.15 Å². The van der Waals surface area contributed by atoms with E-state index in [9.17, 15) is 14.4 Å². The minimum atomic E-state index is -0.551. The lowest BCUT2D eigenvalue weighted by atomic mass is 10.2. The van der Waals surface area contributed by atoms with Crippen LogP contribution in [0.15, 0.2) is 51.3 Å². The minimum Gasteiger partial charge on any atom is -0.462 e. The second-order valence-corrected chi connectivity index (χ2v) is 7.43. The number of benzene rings is 1. The first kappa shape index (κ1) is 19.1. The van der Waals surface area contributed by atoms with E-state index in [0.717, 1.165) is 18.2 Å². The maximum atomic E-state index is 12.9. The maximum Gasteiger partial charge on any atom is 0.339 e. The molecule has 0 fully saturated rings. The molecule has 3 aromatic heterocycles. The number of para-hydroxylation sites is 1. The summed E-state index contributed by atoms with van der Waals surface area (Å²) in [6, 6.07) is 8.94. The van der Waals surface area contributed by atoms with Gasteiger partial charge < -0.3 is 9.15 Å². The van der Waals surface area contributed by atoms with Crippen molar-refractivity contribution in [1.29, 1.82) is 0 Å². The highest BCUT2D eigenvalue weighted by Crippen LogP contribution is 2.22. The van der Waals surface area contributed by atoms with E-state index in [-0.39, 0.29) is 29.0 Å². The van der Waals surface area contributed by atoms with Crippen molar-refractivity contribution in [1.82, 2.24) is 9.55 Å². The Bertz CT molecular complexity index is 1230. The third-order valence-electron chi connectivity index (χ3n) is 4.53. The van der Waals surface area contributed by atoms with E-state index < -0.39 is 11.5 Å². The fourth-order valence-corrected chi connectivity index (χ4v) is 3.84. The van der Waals surface area contributed by atoms with Gasteiger partial charge in [-0.25, -0.2) is 9.78 Å². The van der Waals surface area contributed by atoms with Crippen LogP contribution in [-0.4, -0.2) is 27.9 Å². The van der Waals surface area contributed by atoms with Gasteiger partial charge in [0.1, 0.15) is 10.4 Å². The zero-order valence-corrected chi connectivity index (χ0v) is 16.5. The summed E-state index contributed by atoms with van der Waals surface area (Å²) in [4.78, 5) is 42.5. The molecular weight excluding hydrogens is 392 g/mol. The molecule has 0 aliphatic rings. The molecule has 0 unspecified atom stereocenters. The zero-order valence-electron chi connectivity index (χ0n) is 15.7. The lowest BCUT2D eigenvalue weighted by Gasteiger charge is -2.05. The van der Waals surface area contributed by atoms with Gasteiger partial charge in [-0.05, 0) is 18.6 Å². The fraction of sp³-hybridized carbons (Fsp3) is 0.238. The molecule has 29 heavy (non-hydrogen) atoms. The lowest BCUT2D eigenvalue weighted by Crippen LogP contribution is -2.25. The Kier molecular flexibility index (Phi) is 5.26. The Morgan fingerprint density at radius 3 is 2.90 bits per heavy atom. The number of thiophene rings is 1. The SMILES string of the molecule is CCCCOC(=O)c1csc2ncn(CC(=O)c3cc4ccccc4o3)c(=O)c12. The summed E-state index contributed by atoms with van der Waals surface area (Å²) in [6.07, 6.45) is 2.96. The molecule has 0 aliphatic carbocycles. The first-order valence-electron chi connectivity index (χ1n) is 9.24. The van der Waals surface area contributed by atoms with Gasteiger partial charge in [0, 0.05) is 10.8 Å². The molecule has 0 aliphatic heterocycles. The number of rotatable bonds is 7. The Balaban J connectivity index is 1.63. The third-order valence-corrected chi connectivity index (χ3v) is 5.41. The van der Waals surface area contributed by atoms with Crippen LogP contribution in [0.4, 0.5) is 0 Å². The molecule has 1 aromatic carbocycles. The summed E-state index contributed by atoms with van der Waals surface area (Å²) in [5.41, 5.74) is 0.332. The molecule has 0 N–H and O–H groups in total. The Hall–Kier alpha value is -3.26. The molecule has 8 heteroatoms. The molecule has 0 bridgehead atoms. The smallest absolute Gasteiger partial charge is 0.339 e. The number of fused-ring (bicyclic) bond motifs is 2. The summed E-state index contributed by atoms with van der Waals surface area (Å²) in [5.74, 6) is -0.737. The van der Waals surface area contributed by atoms with Crippen LogP contribution in [0, 0.1) is 0 Å². The predicted molar refractivity (Wildman–Crippen MR) is 110 cm³/mol. The molecule has 0 saturated heterocycles. The van der Waals surface area contributed by atoms with Crippen molar-refractivity contribution in [3.63, 3.8) is 0 Å². The Morgan fingerprint density at radius 2 is 2.10 bits per heavy atom. The first-order valence-corrected chi connectivity index (χ1v) is 10.1. The quantitative estimate of drug-likeness (QED) is 0.259. The molecular formula is C21H18N2O5S. The van der Waals surface area contributed by atoms with E-state index in [2.05, 4.69) is 4.98 Å². The number of Topliss-reactive ketones (excluding diaryl/α,β-unsaturated/α-hetero) is 1. The second-order valence-electron chi connectivity index (χ2n) is 6.57.